The highest BCUT2D eigenvalue weighted by Gasteiger charge is 2.16. The number of rotatable bonds is 4. The molecule has 0 unspecified atom stereocenters. The highest BCUT2D eigenvalue weighted by atomic mass is 32.1. The third-order valence-corrected chi connectivity index (χ3v) is 3.51. The molecule has 1 N–H and O–H groups in total. The molecule has 0 aliphatic rings. The Hall–Kier alpha value is -0.0200. The molecule has 3 heteroatoms. The van der Waals surface area contributed by atoms with Crippen LogP contribution < -0.4 is 0 Å². The van der Waals surface area contributed by atoms with Gasteiger partial charge >= 0.3 is 0 Å². The van der Waals surface area contributed by atoms with Crippen molar-refractivity contribution in [2.75, 3.05) is 5.75 Å². The summed E-state index contributed by atoms with van der Waals surface area (Å²) in [6.07, 6.45) is 4.21. The number of nitrogens with one attached hydrogen (secondary N) is 1. The van der Waals surface area contributed by atoms with E-state index >= 15 is 0 Å². The van der Waals surface area contributed by atoms with Crippen LogP contribution in [-0.4, -0.2) is 15.5 Å². The number of aryl methyl sites for hydroxylation is 2. The Morgan fingerprint density at radius 3 is 2.69 bits per heavy atom. The zero-order valence-corrected chi connectivity index (χ0v) is 9.96. The average Bonchev–Trinajstić information content (AvgIpc) is 2.48. The van der Waals surface area contributed by atoms with E-state index in [1.54, 1.807) is 0 Å². The fraction of sp³-hybridized carbons (Fsp3) is 0.600. The van der Waals surface area contributed by atoms with Crippen molar-refractivity contribution in [3.8, 4) is 0 Å². The summed E-state index contributed by atoms with van der Waals surface area (Å²) >= 11 is 8.81. The van der Waals surface area contributed by atoms with Crippen LogP contribution in [0.1, 0.15) is 24.6 Å². The minimum atomic E-state index is 0.0499. The number of hydrogen-bond donors (Lipinski definition) is 3. The summed E-state index contributed by atoms with van der Waals surface area (Å²) in [4.78, 5) is 3.18. The van der Waals surface area contributed by atoms with Crippen LogP contribution in [0.5, 0.6) is 0 Å². The van der Waals surface area contributed by atoms with Crippen molar-refractivity contribution in [2.45, 2.75) is 31.4 Å². The molecule has 0 saturated heterocycles. The third kappa shape index (κ3) is 3.69. The Morgan fingerprint density at radius 1 is 1.54 bits per heavy atom. The predicted molar refractivity (Wildman–Crippen MR) is 65.1 cm³/mol. The van der Waals surface area contributed by atoms with Gasteiger partial charge in [0.15, 0.2) is 0 Å². The van der Waals surface area contributed by atoms with Gasteiger partial charge in [-0.05, 0) is 38.3 Å². The molecule has 1 atom stereocenters. The number of thiol groups is 2. The minimum absolute atomic E-state index is 0.0499. The molecule has 0 aliphatic heterocycles. The topological polar surface area (TPSA) is 15.8 Å². The standard InChI is InChI=1S/C10H17NS2/c1-8-5-9(6-11-8)3-4-10(2,13)7-12/h5-6,11-13H,3-4,7H2,1-2H3/t10-/m1/s1. The van der Waals surface area contributed by atoms with Crippen molar-refractivity contribution in [2.24, 2.45) is 0 Å². The maximum Gasteiger partial charge on any atom is 0.0192 e. The molecule has 1 aromatic rings. The zero-order valence-electron chi connectivity index (χ0n) is 8.17. The summed E-state index contributed by atoms with van der Waals surface area (Å²) in [6, 6.07) is 2.18. The van der Waals surface area contributed by atoms with Gasteiger partial charge in [0.05, 0.1) is 0 Å². The molecule has 0 radical (unpaired) electrons. The zero-order chi connectivity index (χ0) is 9.90. The quantitative estimate of drug-likeness (QED) is 0.641. The fourth-order valence-corrected chi connectivity index (χ4v) is 1.47. The number of H-pyrrole nitrogens is 1. The first-order valence-corrected chi connectivity index (χ1v) is 5.58. The van der Waals surface area contributed by atoms with Gasteiger partial charge in [0, 0.05) is 22.4 Å². The summed E-state index contributed by atoms with van der Waals surface area (Å²) in [5.41, 5.74) is 2.58. The molecule has 0 aliphatic carbocycles. The Labute approximate surface area is 91.1 Å². The fourth-order valence-electron chi connectivity index (χ4n) is 1.20. The van der Waals surface area contributed by atoms with Gasteiger partial charge in [-0.25, -0.2) is 0 Å². The highest BCUT2D eigenvalue weighted by Crippen LogP contribution is 2.22. The lowest BCUT2D eigenvalue weighted by atomic mass is 10.0. The van der Waals surface area contributed by atoms with Crippen molar-refractivity contribution in [3.63, 3.8) is 0 Å². The smallest absolute Gasteiger partial charge is 0.0192 e. The Balaban J connectivity index is 2.43. The summed E-state index contributed by atoms with van der Waals surface area (Å²) in [6.45, 7) is 4.20. The van der Waals surface area contributed by atoms with E-state index in [0.717, 1.165) is 18.6 Å². The van der Waals surface area contributed by atoms with Crippen LogP contribution >= 0.6 is 25.3 Å². The van der Waals surface area contributed by atoms with Crippen LogP contribution in [0.4, 0.5) is 0 Å². The van der Waals surface area contributed by atoms with E-state index in [2.05, 4.69) is 56.4 Å². The van der Waals surface area contributed by atoms with E-state index in [9.17, 15) is 0 Å². The first-order valence-electron chi connectivity index (χ1n) is 4.51. The van der Waals surface area contributed by atoms with E-state index in [1.807, 2.05) is 0 Å². The van der Waals surface area contributed by atoms with Crippen molar-refractivity contribution < 1.29 is 0 Å². The Bertz CT molecular complexity index is 266. The van der Waals surface area contributed by atoms with E-state index < -0.39 is 0 Å². The first kappa shape index (κ1) is 11.1. The summed E-state index contributed by atoms with van der Waals surface area (Å²) < 4.78 is 0.0499. The SMILES string of the molecule is Cc1cc(CC[C@@](C)(S)CS)c[nH]1. The van der Waals surface area contributed by atoms with Crippen LogP contribution in [0, 0.1) is 6.92 Å². The van der Waals surface area contributed by atoms with Crippen molar-refractivity contribution in [1.29, 1.82) is 0 Å². The summed E-state index contributed by atoms with van der Waals surface area (Å²) in [5, 5.41) is 0. The maximum atomic E-state index is 4.54. The van der Waals surface area contributed by atoms with Gasteiger partial charge < -0.3 is 4.98 Å². The molecule has 0 spiro atoms. The number of aromatic amines is 1. The van der Waals surface area contributed by atoms with E-state index in [1.165, 1.54) is 11.3 Å². The molecule has 1 rings (SSSR count). The highest BCUT2D eigenvalue weighted by molar-refractivity contribution is 7.85. The van der Waals surface area contributed by atoms with Crippen molar-refractivity contribution in [3.05, 3.63) is 23.5 Å². The van der Waals surface area contributed by atoms with E-state index in [0.29, 0.717) is 0 Å². The molecule has 13 heavy (non-hydrogen) atoms. The monoisotopic (exact) mass is 215 g/mol. The van der Waals surface area contributed by atoms with Crippen molar-refractivity contribution >= 4 is 25.3 Å². The van der Waals surface area contributed by atoms with Crippen LogP contribution in [0.3, 0.4) is 0 Å². The van der Waals surface area contributed by atoms with Crippen LogP contribution in [0.2, 0.25) is 0 Å². The van der Waals surface area contributed by atoms with Gasteiger partial charge in [-0.1, -0.05) is 0 Å². The number of hydrogen-bond acceptors (Lipinski definition) is 2. The normalized spacial score (nSPS) is 15.7. The molecule has 1 heterocycles. The molecule has 0 fully saturated rings. The van der Waals surface area contributed by atoms with Gasteiger partial charge in [0.25, 0.3) is 0 Å². The van der Waals surface area contributed by atoms with Gasteiger partial charge in [-0.3, -0.25) is 0 Å². The predicted octanol–water partition coefficient (Wildman–Crippen LogP) is 2.87. The van der Waals surface area contributed by atoms with E-state index in [4.69, 9.17) is 0 Å². The van der Waals surface area contributed by atoms with Crippen LogP contribution in [0.25, 0.3) is 0 Å². The largest absolute Gasteiger partial charge is 0.365 e. The van der Waals surface area contributed by atoms with Gasteiger partial charge in [0.2, 0.25) is 0 Å². The third-order valence-electron chi connectivity index (χ3n) is 2.18. The second-order valence-electron chi connectivity index (χ2n) is 3.85. The molecule has 0 bridgehead atoms. The molecule has 74 valence electrons. The maximum absolute atomic E-state index is 4.54. The first-order chi connectivity index (χ1) is 6.03. The van der Waals surface area contributed by atoms with Gasteiger partial charge in [-0.15, -0.1) is 0 Å². The average molecular weight is 215 g/mol. The molecular weight excluding hydrogens is 198 g/mol. The molecule has 1 nitrogen and oxygen atoms in total. The molecule has 0 amide bonds. The van der Waals surface area contributed by atoms with Gasteiger partial charge in [-0.2, -0.15) is 25.3 Å². The van der Waals surface area contributed by atoms with Crippen molar-refractivity contribution in [1.82, 2.24) is 4.98 Å². The lowest BCUT2D eigenvalue weighted by Gasteiger charge is -2.20. The van der Waals surface area contributed by atoms with E-state index in [-0.39, 0.29) is 4.75 Å². The molecule has 0 aromatic carbocycles. The minimum Gasteiger partial charge on any atom is -0.365 e. The van der Waals surface area contributed by atoms with Crippen LogP contribution in [-0.2, 0) is 6.42 Å². The lowest BCUT2D eigenvalue weighted by Crippen LogP contribution is -2.19. The summed E-state index contributed by atoms with van der Waals surface area (Å²) in [7, 11) is 0. The molecule has 0 saturated carbocycles. The Morgan fingerprint density at radius 2 is 2.23 bits per heavy atom. The number of aromatic nitrogens is 1. The van der Waals surface area contributed by atoms with Crippen LogP contribution in [0.15, 0.2) is 12.3 Å². The lowest BCUT2D eigenvalue weighted by molar-refractivity contribution is 0.655. The molecular formula is C10H17NS2. The second kappa shape index (κ2) is 4.47. The summed E-state index contributed by atoms with van der Waals surface area (Å²) in [5.74, 6) is 0.819. The molecule has 1 aromatic heterocycles. The second-order valence-corrected chi connectivity index (χ2v) is 5.24. The Kier molecular flexibility index (Phi) is 3.80. The van der Waals surface area contributed by atoms with Gasteiger partial charge in [0.1, 0.15) is 0 Å².